The predicted octanol–water partition coefficient (Wildman–Crippen LogP) is 4.06. The number of aromatic nitrogens is 2. The largest absolute Gasteiger partial charge is 0.490 e. The summed E-state index contributed by atoms with van der Waals surface area (Å²) in [5, 5.41) is 20.7. The minimum atomic E-state index is -5.08. The molecular weight excluding hydrogens is 546 g/mol. The highest BCUT2D eigenvalue weighted by Gasteiger charge is 2.38. The summed E-state index contributed by atoms with van der Waals surface area (Å²) in [5.74, 6) is -5.51. The van der Waals surface area contributed by atoms with Gasteiger partial charge < -0.3 is 25.2 Å². The summed E-state index contributed by atoms with van der Waals surface area (Å²) in [6.45, 7) is 1.67. The molecule has 0 spiro atoms. The first-order valence-electron chi connectivity index (χ1n) is 10.8. The number of rotatable bonds is 5. The molecule has 3 aromatic rings. The van der Waals surface area contributed by atoms with Gasteiger partial charge in [-0.3, -0.25) is 4.79 Å². The number of hydrogen-bond acceptors (Lipinski definition) is 6. The number of carbonyl (C=O) groups excluding carboxylic acids is 1. The molecule has 4 heterocycles. The van der Waals surface area contributed by atoms with E-state index >= 15 is 0 Å². The van der Waals surface area contributed by atoms with E-state index in [0.717, 1.165) is 35.6 Å². The molecule has 0 radical (unpaired) electrons. The van der Waals surface area contributed by atoms with Crippen LogP contribution in [-0.2, 0) is 16.0 Å². The van der Waals surface area contributed by atoms with Gasteiger partial charge in [0, 0.05) is 36.3 Å². The van der Waals surface area contributed by atoms with E-state index in [2.05, 4.69) is 21.7 Å². The number of carbonyl (C=O) groups is 3. The molecule has 1 aliphatic heterocycles. The molecule has 208 valence electrons. The molecule has 9 nitrogen and oxygen atoms in total. The Morgan fingerprint density at radius 1 is 1.05 bits per heavy atom. The number of aliphatic carboxylic acids is 2. The third kappa shape index (κ3) is 9.66. The van der Waals surface area contributed by atoms with Gasteiger partial charge in [-0.25, -0.2) is 14.6 Å². The van der Waals surface area contributed by atoms with E-state index < -0.39 is 24.3 Å². The van der Waals surface area contributed by atoms with Gasteiger partial charge in [-0.1, -0.05) is 6.07 Å². The Balaban J connectivity index is 0.000000301. The number of hydrogen-bond donors (Lipinski definition) is 4. The van der Waals surface area contributed by atoms with Crippen molar-refractivity contribution in [2.45, 2.75) is 37.7 Å². The molecule has 1 atom stereocenters. The number of halogens is 6. The quantitative estimate of drug-likeness (QED) is 0.341. The Hall–Kier alpha value is -3.66. The number of pyridine rings is 1. The molecule has 3 aromatic heterocycles. The lowest BCUT2D eigenvalue weighted by Crippen LogP contribution is -2.24. The Bertz CT molecular complexity index is 1180. The Kier molecular flexibility index (Phi) is 10.6. The van der Waals surface area contributed by atoms with Crippen LogP contribution < -0.4 is 10.6 Å². The van der Waals surface area contributed by atoms with Gasteiger partial charge in [-0.2, -0.15) is 26.3 Å². The van der Waals surface area contributed by atoms with Crippen molar-refractivity contribution in [1.29, 1.82) is 0 Å². The van der Waals surface area contributed by atoms with Crippen LogP contribution in [0.3, 0.4) is 0 Å². The molecule has 1 saturated heterocycles. The second-order valence-electron chi connectivity index (χ2n) is 7.66. The third-order valence-electron chi connectivity index (χ3n) is 4.82. The Labute approximate surface area is 215 Å². The van der Waals surface area contributed by atoms with Gasteiger partial charge in [0.15, 0.2) is 0 Å². The molecule has 1 unspecified atom stereocenters. The molecule has 1 fully saturated rings. The van der Waals surface area contributed by atoms with E-state index in [9.17, 15) is 31.1 Å². The lowest BCUT2D eigenvalue weighted by molar-refractivity contribution is -0.193. The molecule has 4 N–H and O–H groups in total. The fourth-order valence-corrected chi connectivity index (χ4v) is 4.12. The van der Waals surface area contributed by atoms with E-state index in [1.165, 1.54) is 11.3 Å². The first-order chi connectivity index (χ1) is 17.7. The zero-order valence-corrected chi connectivity index (χ0v) is 20.2. The number of thiophene rings is 1. The number of alkyl halides is 6. The van der Waals surface area contributed by atoms with Crippen molar-refractivity contribution in [3.63, 3.8) is 0 Å². The molecule has 0 bridgehead atoms. The van der Waals surface area contributed by atoms with Crippen LogP contribution in [0.5, 0.6) is 0 Å². The monoisotopic (exact) mass is 568 g/mol. The summed E-state index contributed by atoms with van der Waals surface area (Å²) < 4.78 is 65.5. The van der Waals surface area contributed by atoms with Crippen molar-refractivity contribution >= 4 is 34.8 Å². The minimum absolute atomic E-state index is 0.00742. The van der Waals surface area contributed by atoms with Crippen LogP contribution in [0.2, 0.25) is 0 Å². The molecule has 1 aliphatic rings. The fraction of sp³-hybridized carbons (Fsp3) is 0.364. The number of nitrogens with zero attached hydrogens (tertiary/aromatic N) is 2. The second-order valence-corrected chi connectivity index (χ2v) is 8.78. The summed E-state index contributed by atoms with van der Waals surface area (Å²) >= 11 is 1.59. The SMILES string of the molecule is O=C(NCCc1cn2ccccc2n1)c1ccc(C2CCCN2)s1.O=C(O)C(F)(F)F.O=C(O)C(F)(F)F. The normalized spacial score (nSPS) is 15.2. The van der Waals surface area contributed by atoms with Crippen molar-refractivity contribution in [2.75, 3.05) is 13.1 Å². The lowest BCUT2D eigenvalue weighted by Gasteiger charge is -2.06. The van der Waals surface area contributed by atoms with Gasteiger partial charge in [0.25, 0.3) is 5.91 Å². The number of fused-ring (bicyclic) bond motifs is 1. The molecule has 0 aliphatic carbocycles. The van der Waals surface area contributed by atoms with Crippen LogP contribution in [0.15, 0.2) is 42.7 Å². The Morgan fingerprint density at radius 3 is 2.21 bits per heavy atom. The van der Waals surface area contributed by atoms with Crippen LogP contribution >= 0.6 is 11.3 Å². The average Bonchev–Trinajstić information content (AvgIpc) is 3.58. The molecule has 0 saturated carbocycles. The highest BCUT2D eigenvalue weighted by Crippen LogP contribution is 2.29. The van der Waals surface area contributed by atoms with Gasteiger partial charge in [0.05, 0.1) is 10.6 Å². The highest BCUT2D eigenvalue weighted by atomic mass is 32.1. The van der Waals surface area contributed by atoms with Crippen LogP contribution in [-0.4, -0.2) is 62.9 Å². The minimum Gasteiger partial charge on any atom is -0.475 e. The maximum absolute atomic E-state index is 12.3. The fourth-order valence-electron chi connectivity index (χ4n) is 3.09. The van der Waals surface area contributed by atoms with Crippen molar-refractivity contribution in [2.24, 2.45) is 0 Å². The van der Waals surface area contributed by atoms with E-state index in [1.807, 2.05) is 41.1 Å². The van der Waals surface area contributed by atoms with Gasteiger partial charge in [-0.05, 0) is 43.7 Å². The van der Waals surface area contributed by atoms with Crippen molar-refractivity contribution in [1.82, 2.24) is 20.0 Å². The molecule has 1 amide bonds. The first-order valence-corrected chi connectivity index (χ1v) is 11.6. The third-order valence-corrected chi connectivity index (χ3v) is 6.02. The molecular formula is C22H22F6N4O5S. The summed E-state index contributed by atoms with van der Waals surface area (Å²) in [7, 11) is 0. The maximum Gasteiger partial charge on any atom is 0.490 e. The standard InChI is InChI=1S/C18H20N4OS.2C2HF3O2/c23-18(16-7-6-15(24-16)14-4-3-9-19-14)20-10-8-13-12-22-11-2-1-5-17(22)21-13;2*3-2(4,5)1(6)7/h1-2,5-7,11-12,14,19H,3-4,8-10H2,(H,20,23);2*(H,6,7). The maximum atomic E-state index is 12.3. The van der Waals surface area contributed by atoms with Crippen molar-refractivity contribution in [3.8, 4) is 0 Å². The number of carboxylic acids is 2. The van der Waals surface area contributed by atoms with E-state index in [1.54, 1.807) is 11.3 Å². The van der Waals surface area contributed by atoms with Gasteiger partial charge in [0.2, 0.25) is 0 Å². The van der Waals surface area contributed by atoms with E-state index in [4.69, 9.17) is 19.8 Å². The molecule has 16 heteroatoms. The zero-order chi connectivity index (χ0) is 28.5. The number of carboxylic acid groups (broad SMARTS) is 2. The van der Waals surface area contributed by atoms with Crippen LogP contribution in [0.25, 0.3) is 5.65 Å². The molecule has 4 rings (SSSR count). The van der Waals surface area contributed by atoms with Crippen LogP contribution in [0.4, 0.5) is 26.3 Å². The highest BCUT2D eigenvalue weighted by molar-refractivity contribution is 7.14. The van der Waals surface area contributed by atoms with Gasteiger partial charge >= 0.3 is 24.3 Å². The van der Waals surface area contributed by atoms with E-state index in [0.29, 0.717) is 12.6 Å². The predicted molar refractivity (Wildman–Crippen MR) is 123 cm³/mol. The first kappa shape index (κ1) is 30.6. The molecule has 0 aromatic carbocycles. The average molecular weight is 568 g/mol. The summed E-state index contributed by atoms with van der Waals surface area (Å²) in [6, 6.07) is 10.4. The molecule has 38 heavy (non-hydrogen) atoms. The summed E-state index contributed by atoms with van der Waals surface area (Å²) in [4.78, 5) is 36.7. The number of nitrogens with one attached hydrogen (secondary N) is 2. The van der Waals surface area contributed by atoms with Crippen molar-refractivity contribution in [3.05, 3.63) is 58.2 Å². The summed E-state index contributed by atoms with van der Waals surface area (Å²) in [6.07, 6.45) is -3.07. The van der Waals surface area contributed by atoms with Gasteiger partial charge in [-0.15, -0.1) is 11.3 Å². The van der Waals surface area contributed by atoms with Crippen LogP contribution in [0, 0.1) is 0 Å². The van der Waals surface area contributed by atoms with Gasteiger partial charge in [0.1, 0.15) is 5.65 Å². The number of amides is 1. The van der Waals surface area contributed by atoms with Crippen LogP contribution in [0.1, 0.15) is 39.1 Å². The van der Waals surface area contributed by atoms with E-state index in [-0.39, 0.29) is 5.91 Å². The summed E-state index contributed by atoms with van der Waals surface area (Å²) in [5.41, 5.74) is 1.93. The lowest BCUT2D eigenvalue weighted by atomic mass is 10.2. The topological polar surface area (TPSA) is 133 Å². The zero-order valence-electron chi connectivity index (χ0n) is 19.3. The Morgan fingerprint density at radius 2 is 1.68 bits per heavy atom. The second kappa shape index (κ2) is 13.2. The number of imidazole rings is 1. The van der Waals surface area contributed by atoms with Crippen molar-refractivity contribution < 1.29 is 50.9 Å². The smallest absolute Gasteiger partial charge is 0.475 e.